The highest BCUT2D eigenvalue weighted by Gasteiger charge is 2.41. The third-order valence-electron chi connectivity index (χ3n) is 4.32. The van der Waals surface area contributed by atoms with Crippen LogP contribution in [0.5, 0.6) is 5.75 Å². The topological polar surface area (TPSA) is 54.9 Å². The maximum absolute atomic E-state index is 5.87. The Balaban J connectivity index is 0.00000192. The number of benzene rings is 1. The predicted octanol–water partition coefficient (Wildman–Crippen LogP) is 2.69. The molecule has 3 rings (SSSR count). The highest BCUT2D eigenvalue weighted by Crippen LogP contribution is 2.34. The summed E-state index contributed by atoms with van der Waals surface area (Å²) >= 11 is 0. The molecule has 128 valence electrons. The Kier molecular flexibility index (Phi) is 6.95. The number of rotatable bonds is 5. The van der Waals surface area contributed by atoms with Crippen LogP contribution in [0.15, 0.2) is 29.3 Å². The van der Waals surface area contributed by atoms with Crippen molar-refractivity contribution < 1.29 is 9.47 Å². The highest BCUT2D eigenvalue weighted by molar-refractivity contribution is 14.0. The van der Waals surface area contributed by atoms with E-state index in [1.165, 1.54) is 12.0 Å². The molecule has 2 aliphatic rings. The van der Waals surface area contributed by atoms with Gasteiger partial charge in [-0.25, -0.2) is 0 Å². The normalized spacial score (nSPS) is 25.8. The number of ether oxygens (including phenoxy) is 2. The second kappa shape index (κ2) is 8.73. The van der Waals surface area contributed by atoms with Crippen LogP contribution in [0.3, 0.4) is 0 Å². The number of aliphatic imine (C=N–C) groups is 1. The molecule has 2 bridgehead atoms. The number of guanidine groups is 1. The molecule has 5 nitrogen and oxygen atoms in total. The van der Waals surface area contributed by atoms with Crippen molar-refractivity contribution in [2.24, 2.45) is 4.99 Å². The minimum atomic E-state index is 0. The third kappa shape index (κ3) is 4.73. The average Bonchev–Trinajstić information content (AvgIpc) is 3.15. The van der Waals surface area contributed by atoms with Crippen LogP contribution in [0.1, 0.15) is 31.7 Å². The Morgan fingerprint density at radius 2 is 2.26 bits per heavy atom. The summed E-state index contributed by atoms with van der Waals surface area (Å²) in [5.74, 6) is 1.74. The number of nitrogens with one attached hydrogen (secondary N) is 2. The monoisotopic (exact) mass is 431 g/mol. The van der Waals surface area contributed by atoms with Crippen LogP contribution in [0.4, 0.5) is 0 Å². The number of hydrogen-bond acceptors (Lipinski definition) is 3. The van der Waals surface area contributed by atoms with E-state index in [-0.39, 0.29) is 24.0 Å². The van der Waals surface area contributed by atoms with Gasteiger partial charge >= 0.3 is 0 Å². The minimum Gasteiger partial charge on any atom is -0.494 e. The molecule has 3 atom stereocenters. The molecular weight excluding hydrogens is 405 g/mol. The largest absolute Gasteiger partial charge is 0.494 e. The second-order valence-electron chi connectivity index (χ2n) is 5.87. The smallest absolute Gasteiger partial charge is 0.191 e. The summed E-state index contributed by atoms with van der Waals surface area (Å²) < 4.78 is 11.4. The van der Waals surface area contributed by atoms with E-state index >= 15 is 0 Å². The molecule has 0 saturated carbocycles. The molecule has 0 spiro atoms. The Morgan fingerprint density at radius 3 is 2.91 bits per heavy atom. The molecule has 0 amide bonds. The Morgan fingerprint density at radius 1 is 1.39 bits per heavy atom. The van der Waals surface area contributed by atoms with E-state index in [9.17, 15) is 0 Å². The Labute approximate surface area is 155 Å². The summed E-state index contributed by atoms with van der Waals surface area (Å²) in [7, 11) is 1.81. The van der Waals surface area contributed by atoms with Crippen molar-refractivity contribution in [1.29, 1.82) is 0 Å². The standard InChI is InChI=1S/C17H25N3O2.HI/c1-3-21-13-6-4-5-12(9-13)11-19-17(18-2)20-15-10-14-7-8-16(15)22-14;/h4-6,9,14-16H,3,7-8,10-11H2,1-2H3,(H2,18,19,20);1H. The van der Waals surface area contributed by atoms with Gasteiger partial charge in [-0.3, -0.25) is 4.99 Å². The first kappa shape index (κ1) is 18.3. The Hall–Kier alpha value is -1.02. The maximum atomic E-state index is 5.87. The van der Waals surface area contributed by atoms with Gasteiger partial charge in [-0.15, -0.1) is 24.0 Å². The number of fused-ring (bicyclic) bond motifs is 2. The van der Waals surface area contributed by atoms with Crippen LogP contribution in [0, 0.1) is 0 Å². The number of nitrogens with zero attached hydrogens (tertiary/aromatic N) is 1. The molecular formula is C17H26IN3O2. The molecule has 0 aromatic heterocycles. The van der Waals surface area contributed by atoms with Crippen LogP contribution in [-0.4, -0.2) is 37.9 Å². The molecule has 3 unspecified atom stereocenters. The molecule has 6 heteroatoms. The summed E-state index contributed by atoms with van der Waals surface area (Å²) in [6, 6.07) is 8.53. The number of halogens is 1. The first-order valence-corrected chi connectivity index (χ1v) is 8.13. The van der Waals surface area contributed by atoms with Crippen LogP contribution in [0.2, 0.25) is 0 Å². The van der Waals surface area contributed by atoms with Crippen LogP contribution < -0.4 is 15.4 Å². The van der Waals surface area contributed by atoms with E-state index in [1.54, 1.807) is 7.05 Å². The van der Waals surface area contributed by atoms with Crippen LogP contribution in [0.25, 0.3) is 0 Å². The minimum absolute atomic E-state index is 0. The van der Waals surface area contributed by atoms with E-state index in [1.807, 2.05) is 19.1 Å². The van der Waals surface area contributed by atoms with Gasteiger partial charge in [0.05, 0.1) is 24.9 Å². The average molecular weight is 431 g/mol. The first-order chi connectivity index (χ1) is 10.8. The predicted molar refractivity (Wildman–Crippen MR) is 103 cm³/mol. The summed E-state index contributed by atoms with van der Waals surface area (Å²) in [6.07, 6.45) is 4.26. The van der Waals surface area contributed by atoms with Crippen molar-refractivity contribution in [3.8, 4) is 5.75 Å². The highest BCUT2D eigenvalue weighted by atomic mass is 127. The van der Waals surface area contributed by atoms with E-state index in [0.29, 0.717) is 24.9 Å². The Bertz CT molecular complexity index is 538. The fourth-order valence-corrected chi connectivity index (χ4v) is 3.26. The van der Waals surface area contributed by atoms with E-state index in [2.05, 4.69) is 27.8 Å². The molecule has 23 heavy (non-hydrogen) atoms. The lowest BCUT2D eigenvalue weighted by Crippen LogP contribution is -2.47. The van der Waals surface area contributed by atoms with Gasteiger partial charge in [0.15, 0.2) is 5.96 Å². The molecule has 2 saturated heterocycles. The van der Waals surface area contributed by atoms with Crippen molar-refractivity contribution in [2.75, 3.05) is 13.7 Å². The lowest BCUT2D eigenvalue weighted by Gasteiger charge is -2.22. The van der Waals surface area contributed by atoms with Gasteiger partial charge in [-0.1, -0.05) is 12.1 Å². The van der Waals surface area contributed by atoms with Crippen molar-refractivity contribution >= 4 is 29.9 Å². The van der Waals surface area contributed by atoms with Gasteiger partial charge in [0.25, 0.3) is 0 Å². The van der Waals surface area contributed by atoms with Crippen LogP contribution in [-0.2, 0) is 11.3 Å². The summed E-state index contributed by atoms with van der Waals surface area (Å²) in [6.45, 7) is 3.40. The zero-order valence-electron chi connectivity index (χ0n) is 13.7. The first-order valence-electron chi connectivity index (χ1n) is 8.13. The third-order valence-corrected chi connectivity index (χ3v) is 4.32. The van der Waals surface area contributed by atoms with Gasteiger partial charge in [-0.2, -0.15) is 0 Å². The van der Waals surface area contributed by atoms with E-state index in [0.717, 1.165) is 31.1 Å². The zero-order chi connectivity index (χ0) is 15.4. The van der Waals surface area contributed by atoms with Gasteiger partial charge in [-0.05, 0) is 43.9 Å². The zero-order valence-corrected chi connectivity index (χ0v) is 16.1. The molecule has 2 N–H and O–H groups in total. The summed E-state index contributed by atoms with van der Waals surface area (Å²) in [5.41, 5.74) is 1.18. The van der Waals surface area contributed by atoms with Gasteiger partial charge < -0.3 is 20.1 Å². The summed E-state index contributed by atoms with van der Waals surface area (Å²) in [5, 5.41) is 6.86. The quantitative estimate of drug-likeness (QED) is 0.428. The van der Waals surface area contributed by atoms with E-state index in [4.69, 9.17) is 9.47 Å². The lowest BCUT2D eigenvalue weighted by molar-refractivity contribution is 0.0992. The van der Waals surface area contributed by atoms with E-state index < -0.39 is 0 Å². The lowest BCUT2D eigenvalue weighted by atomic mass is 9.96. The summed E-state index contributed by atoms with van der Waals surface area (Å²) in [4.78, 5) is 4.32. The van der Waals surface area contributed by atoms with Gasteiger partial charge in [0.1, 0.15) is 5.75 Å². The molecule has 1 aromatic rings. The maximum Gasteiger partial charge on any atom is 0.191 e. The van der Waals surface area contributed by atoms with Crippen LogP contribution >= 0.6 is 24.0 Å². The van der Waals surface area contributed by atoms with Gasteiger partial charge in [0.2, 0.25) is 0 Å². The number of hydrogen-bond donors (Lipinski definition) is 2. The van der Waals surface area contributed by atoms with Gasteiger partial charge in [0, 0.05) is 13.6 Å². The molecule has 2 heterocycles. The second-order valence-corrected chi connectivity index (χ2v) is 5.87. The van der Waals surface area contributed by atoms with Crippen molar-refractivity contribution in [1.82, 2.24) is 10.6 Å². The molecule has 2 fully saturated rings. The molecule has 1 aromatic carbocycles. The SMILES string of the molecule is CCOc1cccc(CNC(=NC)NC2CC3CCC2O3)c1.I. The molecule has 0 radical (unpaired) electrons. The fourth-order valence-electron chi connectivity index (χ4n) is 3.26. The fraction of sp³-hybridized carbons (Fsp3) is 0.588. The molecule has 2 aliphatic heterocycles. The molecule has 0 aliphatic carbocycles. The van der Waals surface area contributed by atoms with Crippen molar-refractivity contribution in [3.05, 3.63) is 29.8 Å². The van der Waals surface area contributed by atoms with Crippen molar-refractivity contribution in [3.63, 3.8) is 0 Å². The van der Waals surface area contributed by atoms with Crippen molar-refractivity contribution in [2.45, 2.75) is 51.0 Å².